The first kappa shape index (κ1) is 30.6. The summed E-state index contributed by atoms with van der Waals surface area (Å²) in [5.41, 5.74) is 8.15. The van der Waals surface area contributed by atoms with Crippen molar-refractivity contribution >= 4 is 23.0 Å². The molecule has 3 nitrogen and oxygen atoms in total. The fraction of sp³-hybridized carbons (Fsp3) is 0.583. The molecule has 0 saturated heterocycles. The molecule has 2 N–H and O–H groups in total. The van der Waals surface area contributed by atoms with Crippen LogP contribution in [0.4, 0.5) is 0 Å². The van der Waals surface area contributed by atoms with E-state index in [1.54, 1.807) is 12.1 Å². The van der Waals surface area contributed by atoms with Crippen LogP contribution >= 0.6 is 11.6 Å². The van der Waals surface area contributed by atoms with E-state index in [0.29, 0.717) is 17.4 Å². The molecule has 0 aromatic heterocycles. The SMILES string of the molecule is CC.CC1=NC(N)=CCN=C1c1[c-]cc(Cl)cc1.CCCCCCC(C)CC.[U]. The van der Waals surface area contributed by atoms with Crippen molar-refractivity contribution in [3.63, 3.8) is 0 Å². The molecular formula is C24H39ClN3U-. The minimum Gasteiger partial charge on any atom is -0.384 e. The zero-order chi connectivity index (χ0) is 21.4. The van der Waals surface area contributed by atoms with Crippen LogP contribution < -0.4 is 5.73 Å². The largest absolute Gasteiger partial charge is 0.384 e. The van der Waals surface area contributed by atoms with Gasteiger partial charge in [-0.05, 0) is 23.9 Å². The van der Waals surface area contributed by atoms with Crippen LogP contribution in [0.15, 0.2) is 40.1 Å². The molecular weight excluding hydrogens is 604 g/mol. The minimum absolute atomic E-state index is 0. The molecule has 0 saturated carbocycles. The molecule has 1 unspecified atom stereocenters. The number of nitrogens with two attached hydrogens (primary N) is 1. The maximum Gasteiger partial charge on any atom is 0.120 e. The van der Waals surface area contributed by atoms with Crippen LogP contribution in [0.25, 0.3) is 0 Å². The van der Waals surface area contributed by atoms with E-state index in [-0.39, 0.29) is 31.1 Å². The van der Waals surface area contributed by atoms with Crippen molar-refractivity contribution in [1.82, 2.24) is 0 Å². The van der Waals surface area contributed by atoms with Gasteiger partial charge in [-0.1, -0.05) is 73.1 Å². The third-order valence-electron chi connectivity index (χ3n) is 4.47. The van der Waals surface area contributed by atoms with Crippen molar-refractivity contribution in [3.8, 4) is 0 Å². The second-order valence-corrected chi connectivity index (χ2v) is 7.24. The Morgan fingerprint density at radius 2 is 1.86 bits per heavy atom. The third-order valence-corrected chi connectivity index (χ3v) is 4.70. The van der Waals surface area contributed by atoms with Crippen molar-refractivity contribution in [1.29, 1.82) is 0 Å². The minimum atomic E-state index is 0. The summed E-state index contributed by atoms with van der Waals surface area (Å²) in [5, 5.41) is 0.658. The normalized spacial score (nSPS) is 13.7. The van der Waals surface area contributed by atoms with Gasteiger partial charge in [0, 0.05) is 42.5 Å². The van der Waals surface area contributed by atoms with Crippen molar-refractivity contribution in [2.45, 2.75) is 80.1 Å². The molecule has 0 aliphatic carbocycles. The van der Waals surface area contributed by atoms with Gasteiger partial charge in [0.2, 0.25) is 0 Å². The van der Waals surface area contributed by atoms with E-state index in [9.17, 15) is 0 Å². The average Bonchev–Trinajstić information content (AvgIpc) is 2.87. The molecule has 0 radical (unpaired) electrons. The van der Waals surface area contributed by atoms with Crippen molar-refractivity contribution in [2.75, 3.05) is 6.54 Å². The summed E-state index contributed by atoms with van der Waals surface area (Å²) >= 11 is 5.81. The smallest absolute Gasteiger partial charge is 0.120 e. The molecule has 1 aromatic rings. The predicted molar refractivity (Wildman–Crippen MR) is 127 cm³/mol. The molecule has 0 bridgehead atoms. The summed E-state index contributed by atoms with van der Waals surface area (Å²) in [7, 11) is 0. The number of aliphatic imine (C=N–C) groups is 2. The van der Waals surface area contributed by atoms with Crippen molar-refractivity contribution in [2.24, 2.45) is 21.6 Å². The Balaban J connectivity index is 0. The molecule has 1 aliphatic heterocycles. The fourth-order valence-electron chi connectivity index (χ4n) is 2.59. The molecule has 1 heterocycles. The molecule has 162 valence electrons. The van der Waals surface area contributed by atoms with Gasteiger partial charge in [0.25, 0.3) is 0 Å². The summed E-state index contributed by atoms with van der Waals surface area (Å²) in [6.45, 7) is 13.3. The van der Waals surface area contributed by atoms with E-state index in [2.05, 4.69) is 36.8 Å². The topological polar surface area (TPSA) is 50.7 Å². The number of hydrogen-bond acceptors (Lipinski definition) is 3. The molecule has 29 heavy (non-hydrogen) atoms. The maximum absolute atomic E-state index is 5.81. The first-order valence-electron chi connectivity index (χ1n) is 10.7. The summed E-state index contributed by atoms with van der Waals surface area (Å²) < 4.78 is 0. The Hall–Kier alpha value is -0.558. The first-order chi connectivity index (χ1) is 13.5. The standard InChI is InChI=1S/C12H11ClN3.C10H22.C2H6.U/c1-8-12(15-7-6-11(14)16-8)9-2-4-10(13)5-3-9;1-4-6-7-8-9-10(3)5-2;1-2;/h2,4-6H,7,14H2,1H3;10H,4-9H2,1-3H3;1-2H3;/q-1;;;. The van der Waals surface area contributed by atoms with Crippen LogP contribution in [0.1, 0.15) is 85.6 Å². The van der Waals surface area contributed by atoms with Gasteiger partial charge < -0.3 is 10.7 Å². The van der Waals surface area contributed by atoms with Crippen LogP contribution in [0.2, 0.25) is 5.02 Å². The number of hydrogen-bond donors (Lipinski definition) is 1. The molecule has 0 spiro atoms. The Labute approximate surface area is 208 Å². The summed E-state index contributed by atoms with van der Waals surface area (Å²) in [6.07, 6.45) is 10.3. The van der Waals surface area contributed by atoms with Gasteiger partial charge in [0.05, 0.1) is 6.54 Å². The quantitative estimate of drug-likeness (QED) is 0.248. The predicted octanol–water partition coefficient (Wildman–Crippen LogP) is 7.23. The average molecular weight is 643 g/mol. The fourth-order valence-corrected chi connectivity index (χ4v) is 2.71. The first-order valence-corrected chi connectivity index (χ1v) is 11.1. The van der Waals surface area contributed by atoms with Crippen LogP contribution in [0.5, 0.6) is 0 Å². The second kappa shape index (κ2) is 19.4. The molecule has 5 heteroatoms. The molecule has 0 amide bonds. The van der Waals surface area contributed by atoms with E-state index in [4.69, 9.17) is 17.3 Å². The molecule has 2 rings (SSSR count). The van der Waals surface area contributed by atoms with E-state index in [1.165, 1.54) is 38.5 Å². The maximum atomic E-state index is 5.81. The number of benzene rings is 1. The Bertz CT molecular complexity index is 622. The monoisotopic (exact) mass is 642 g/mol. The molecule has 0 fully saturated rings. The van der Waals surface area contributed by atoms with Gasteiger partial charge in [0.15, 0.2) is 0 Å². The van der Waals surface area contributed by atoms with Gasteiger partial charge >= 0.3 is 0 Å². The van der Waals surface area contributed by atoms with E-state index < -0.39 is 0 Å². The van der Waals surface area contributed by atoms with E-state index in [0.717, 1.165) is 22.9 Å². The molecule has 1 aliphatic rings. The van der Waals surface area contributed by atoms with Crippen LogP contribution in [-0.4, -0.2) is 18.0 Å². The summed E-state index contributed by atoms with van der Waals surface area (Å²) in [4.78, 5) is 8.64. The summed E-state index contributed by atoms with van der Waals surface area (Å²) in [5.74, 6) is 1.46. The Morgan fingerprint density at radius 3 is 2.41 bits per heavy atom. The number of halogens is 1. The Morgan fingerprint density at radius 1 is 1.17 bits per heavy atom. The van der Waals surface area contributed by atoms with Gasteiger partial charge in [-0.3, -0.25) is 0 Å². The number of unbranched alkanes of at least 4 members (excludes halogenated alkanes) is 3. The second-order valence-electron chi connectivity index (χ2n) is 6.80. The van der Waals surface area contributed by atoms with Crippen LogP contribution in [0.3, 0.4) is 0 Å². The summed E-state index contributed by atoms with van der Waals surface area (Å²) in [6, 6.07) is 8.48. The molecule has 1 atom stereocenters. The molecule has 1 aromatic carbocycles. The van der Waals surface area contributed by atoms with Crippen LogP contribution in [0, 0.1) is 43.1 Å². The van der Waals surface area contributed by atoms with E-state index >= 15 is 0 Å². The van der Waals surface area contributed by atoms with Gasteiger partial charge in [-0.25, -0.2) is 4.99 Å². The van der Waals surface area contributed by atoms with Crippen molar-refractivity contribution < 1.29 is 31.1 Å². The van der Waals surface area contributed by atoms with Crippen molar-refractivity contribution in [3.05, 3.63) is 46.7 Å². The Kier molecular flexibility index (Phi) is 20.5. The van der Waals surface area contributed by atoms with Gasteiger partial charge in [0.1, 0.15) is 5.82 Å². The van der Waals surface area contributed by atoms with Crippen LogP contribution in [-0.2, 0) is 0 Å². The van der Waals surface area contributed by atoms with Gasteiger partial charge in [-0.2, -0.15) is 0 Å². The van der Waals surface area contributed by atoms with E-state index in [1.807, 2.05) is 32.9 Å². The van der Waals surface area contributed by atoms with Gasteiger partial charge in [-0.15, -0.1) is 41.4 Å². The number of nitrogens with zero attached hydrogens (tertiary/aromatic N) is 2. The number of rotatable bonds is 7. The third kappa shape index (κ3) is 14.1. The zero-order valence-electron chi connectivity index (χ0n) is 19.2. The zero-order valence-corrected chi connectivity index (χ0v) is 24.1.